The first kappa shape index (κ1) is 13.4. The number of phenolic OH excluding ortho intramolecular Hbond substituents is 1. The minimum Gasteiger partial charge on any atom is -0.507 e. The largest absolute Gasteiger partial charge is 0.507 e. The highest BCUT2D eigenvalue weighted by molar-refractivity contribution is 7.98. The van der Waals surface area contributed by atoms with Crippen molar-refractivity contribution in [3.63, 3.8) is 0 Å². The Morgan fingerprint density at radius 2 is 2.19 bits per heavy atom. The molecule has 0 saturated heterocycles. The molecule has 0 aliphatic heterocycles. The summed E-state index contributed by atoms with van der Waals surface area (Å²) >= 11 is 7.33. The molecule has 0 aromatic heterocycles. The lowest BCUT2D eigenvalue weighted by molar-refractivity contribution is 0.101. The van der Waals surface area contributed by atoms with E-state index < -0.39 is 0 Å². The number of carbonyl (C=O) groups is 1. The Morgan fingerprint density at radius 1 is 1.50 bits per heavy atom. The average Bonchev–Trinajstić information content (AvgIpc) is 2.22. The number of rotatable bonds is 5. The van der Waals surface area contributed by atoms with Crippen molar-refractivity contribution in [2.45, 2.75) is 12.7 Å². The Bertz CT molecular complexity index is 393. The monoisotopic (exact) mass is 260 g/mol. The Hall–Kier alpha value is -0.710. The van der Waals surface area contributed by atoms with Gasteiger partial charge in [-0.3, -0.25) is 4.79 Å². The van der Waals surface area contributed by atoms with E-state index in [9.17, 15) is 9.90 Å². The van der Waals surface area contributed by atoms with Crippen LogP contribution in [0.3, 0.4) is 0 Å². The minimum absolute atomic E-state index is 0.0117. The van der Waals surface area contributed by atoms with Crippen LogP contribution in [0.25, 0.3) is 0 Å². The molecule has 0 amide bonds. The lowest BCUT2D eigenvalue weighted by Gasteiger charge is -2.08. The van der Waals surface area contributed by atoms with Gasteiger partial charge in [-0.05, 0) is 19.1 Å². The number of halogens is 1. The number of aliphatic hydroxyl groups excluding tert-OH is 1. The molecular formula is C11H13ClO3S. The summed E-state index contributed by atoms with van der Waals surface area (Å²) in [5.74, 6) is 0.880. The maximum Gasteiger partial charge on any atom is 0.163 e. The molecule has 88 valence electrons. The summed E-state index contributed by atoms with van der Waals surface area (Å²) in [6.07, 6.45) is 0. The molecule has 0 saturated carbocycles. The van der Waals surface area contributed by atoms with Gasteiger partial charge in [0.1, 0.15) is 5.75 Å². The fraction of sp³-hybridized carbons (Fsp3) is 0.364. The van der Waals surface area contributed by atoms with Crippen molar-refractivity contribution in [1.82, 2.24) is 0 Å². The predicted octanol–water partition coefficient (Wildman–Crippen LogP) is 2.47. The number of aromatic hydroxyl groups is 1. The summed E-state index contributed by atoms with van der Waals surface area (Å²) in [6, 6.07) is 3.09. The fourth-order valence-corrected chi connectivity index (χ4v) is 2.23. The third kappa shape index (κ3) is 3.40. The van der Waals surface area contributed by atoms with Gasteiger partial charge in [-0.1, -0.05) is 11.6 Å². The van der Waals surface area contributed by atoms with Gasteiger partial charge in [0, 0.05) is 22.1 Å². The normalized spacial score (nSPS) is 10.4. The molecule has 0 unspecified atom stereocenters. The van der Waals surface area contributed by atoms with Crippen molar-refractivity contribution in [2.24, 2.45) is 0 Å². The van der Waals surface area contributed by atoms with Gasteiger partial charge in [-0.2, -0.15) is 11.8 Å². The number of benzene rings is 1. The van der Waals surface area contributed by atoms with Gasteiger partial charge >= 0.3 is 0 Å². The maximum absolute atomic E-state index is 11.2. The molecular weight excluding hydrogens is 248 g/mol. The number of Topliss-reactive ketones (excluding diaryl/α,β-unsaturated/α-hetero) is 1. The van der Waals surface area contributed by atoms with Gasteiger partial charge in [0.15, 0.2) is 5.78 Å². The zero-order chi connectivity index (χ0) is 12.1. The first-order chi connectivity index (χ1) is 7.56. The number of ketones is 1. The van der Waals surface area contributed by atoms with E-state index in [1.54, 1.807) is 6.07 Å². The van der Waals surface area contributed by atoms with E-state index in [0.717, 1.165) is 0 Å². The number of phenols is 1. The molecule has 1 rings (SSSR count). The summed E-state index contributed by atoms with van der Waals surface area (Å²) < 4.78 is 0. The average molecular weight is 261 g/mol. The van der Waals surface area contributed by atoms with Gasteiger partial charge in [0.2, 0.25) is 0 Å². The van der Waals surface area contributed by atoms with E-state index in [2.05, 4.69) is 0 Å². The van der Waals surface area contributed by atoms with Crippen LogP contribution < -0.4 is 0 Å². The first-order valence-corrected chi connectivity index (χ1v) is 6.30. The Kier molecular flexibility index (Phi) is 5.12. The highest BCUT2D eigenvalue weighted by atomic mass is 35.5. The number of aliphatic hydroxyl groups is 1. The number of hydrogen-bond donors (Lipinski definition) is 2. The number of thioether (sulfide) groups is 1. The van der Waals surface area contributed by atoms with Crippen LogP contribution >= 0.6 is 23.4 Å². The van der Waals surface area contributed by atoms with Crippen LogP contribution in [0.4, 0.5) is 0 Å². The van der Waals surface area contributed by atoms with Crippen molar-refractivity contribution < 1.29 is 15.0 Å². The van der Waals surface area contributed by atoms with Crippen LogP contribution in [-0.2, 0) is 5.75 Å². The molecule has 16 heavy (non-hydrogen) atoms. The molecule has 1 aromatic carbocycles. The van der Waals surface area contributed by atoms with Crippen molar-refractivity contribution in [3.05, 3.63) is 28.3 Å². The van der Waals surface area contributed by atoms with Crippen LogP contribution in [0.15, 0.2) is 12.1 Å². The highest BCUT2D eigenvalue weighted by Crippen LogP contribution is 2.30. The molecule has 0 radical (unpaired) electrons. The van der Waals surface area contributed by atoms with Crippen molar-refractivity contribution in [2.75, 3.05) is 12.4 Å². The molecule has 0 aliphatic rings. The summed E-state index contributed by atoms with van der Waals surface area (Å²) in [5, 5.41) is 18.9. The third-order valence-corrected chi connectivity index (χ3v) is 3.23. The Labute approximate surface area is 103 Å². The molecule has 0 spiro atoms. The first-order valence-electron chi connectivity index (χ1n) is 4.77. The number of hydrogen-bond acceptors (Lipinski definition) is 4. The lowest BCUT2D eigenvalue weighted by Crippen LogP contribution is -1.96. The van der Waals surface area contributed by atoms with E-state index in [-0.39, 0.29) is 23.7 Å². The van der Waals surface area contributed by atoms with Crippen molar-refractivity contribution in [3.8, 4) is 5.75 Å². The smallest absolute Gasteiger partial charge is 0.163 e. The van der Waals surface area contributed by atoms with E-state index in [4.69, 9.17) is 16.7 Å². The maximum atomic E-state index is 11.2. The van der Waals surface area contributed by atoms with Gasteiger partial charge in [-0.15, -0.1) is 0 Å². The van der Waals surface area contributed by atoms with E-state index >= 15 is 0 Å². The Balaban J connectivity index is 2.95. The molecule has 2 N–H and O–H groups in total. The van der Waals surface area contributed by atoms with Crippen molar-refractivity contribution >= 4 is 29.1 Å². The van der Waals surface area contributed by atoms with Gasteiger partial charge in [-0.25, -0.2) is 0 Å². The number of carbonyl (C=O) groups excluding carboxylic acids is 1. The van der Waals surface area contributed by atoms with Crippen LogP contribution in [0.5, 0.6) is 5.75 Å². The fourth-order valence-electron chi connectivity index (χ4n) is 1.28. The summed E-state index contributed by atoms with van der Waals surface area (Å²) in [4.78, 5) is 11.2. The lowest BCUT2D eigenvalue weighted by atomic mass is 10.1. The third-order valence-electron chi connectivity index (χ3n) is 2.03. The van der Waals surface area contributed by atoms with Crippen LogP contribution in [0.1, 0.15) is 22.8 Å². The molecule has 0 bridgehead atoms. The SMILES string of the molecule is CC(=O)c1cc(Cl)cc(CSCCO)c1O. The minimum atomic E-state index is -0.214. The van der Waals surface area contributed by atoms with Gasteiger partial charge < -0.3 is 10.2 Å². The second-order valence-electron chi connectivity index (χ2n) is 3.29. The van der Waals surface area contributed by atoms with Crippen molar-refractivity contribution in [1.29, 1.82) is 0 Å². The molecule has 5 heteroatoms. The zero-order valence-electron chi connectivity index (χ0n) is 8.86. The quantitative estimate of drug-likeness (QED) is 0.631. The van der Waals surface area contributed by atoms with Crippen LogP contribution in [0.2, 0.25) is 5.02 Å². The summed E-state index contributed by atoms with van der Waals surface area (Å²) in [7, 11) is 0. The van der Waals surface area contributed by atoms with Gasteiger partial charge in [0.05, 0.1) is 12.2 Å². The molecule has 0 heterocycles. The second-order valence-corrected chi connectivity index (χ2v) is 4.84. The van der Waals surface area contributed by atoms with Crippen LogP contribution in [0, 0.1) is 0 Å². The van der Waals surface area contributed by atoms with E-state index in [1.165, 1.54) is 24.8 Å². The van der Waals surface area contributed by atoms with E-state index in [1.807, 2.05) is 0 Å². The summed E-state index contributed by atoms with van der Waals surface area (Å²) in [6.45, 7) is 1.47. The van der Waals surface area contributed by atoms with Gasteiger partial charge in [0.25, 0.3) is 0 Å². The topological polar surface area (TPSA) is 57.5 Å². The standard InChI is InChI=1S/C11H13ClO3S/c1-7(14)10-5-9(12)4-8(11(10)15)6-16-3-2-13/h4-5,13,15H,2-3,6H2,1H3. The second kappa shape index (κ2) is 6.13. The predicted molar refractivity (Wildman–Crippen MR) is 66.4 cm³/mol. The highest BCUT2D eigenvalue weighted by Gasteiger charge is 2.12. The van der Waals surface area contributed by atoms with E-state index in [0.29, 0.717) is 22.1 Å². The Morgan fingerprint density at radius 3 is 2.75 bits per heavy atom. The molecule has 0 fully saturated rings. The zero-order valence-corrected chi connectivity index (χ0v) is 10.4. The molecule has 0 atom stereocenters. The summed E-state index contributed by atoms with van der Waals surface area (Å²) in [5.41, 5.74) is 0.864. The molecule has 0 aliphatic carbocycles. The van der Waals surface area contributed by atoms with Crippen LogP contribution in [-0.4, -0.2) is 28.4 Å². The molecule has 3 nitrogen and oxygen atoms in total. The molecule has 1 aromatic rings.